The summed E-state index contributed by atoms with van der Waals surface area (Å²) in [7, 11) is 0. The Morgan fingerprint density at radius 1 is 0.682 bits per heavy atom. The quantitative estimate of drug-likeness (QED) is 0.611. The van der Waals surface area contributed by atoms with Gasteiger partial charge in [0.25, 0.3) is 0 Å². The molecule has 0 aromatic heterocycles. The Balaban J connectivity index is 1.90. The molecule has 22 heavy (non-hydrogen) atoms. The van der Waals surface area contributed by atoms with Crippen LogP contribution in [0, 0.1) is 0 Å². The molecule has 0 heterocycles. The van der Waals surface area contributed by atoms with Crippen LogP contribution in [0.25, 0.3) is 0 Å². The van der Waals surface area contributed by atoms with E-state index in [2.05, 4.69) is 85.8 Å². The highest BCUT2D eigenvalue weighted by atomic mass is 14.4. The third-order valence-corrected chi connectivity index (χ3v) is 5.01. The maximum absolute atomic E-state index is 2.40. The molecule has 3 aromatic carbocycles. The van der Waals surface area contributed by atoms with Crippen LogP contribution < -0.4 is 0 Å². The van der Waals surface area contributed by atoms with Gasteiger partial charge in [0.15, 0.2) is 0 Å². The van der Waals surface area contributed by atoms with Crippen molar-refractivity contribution < 1.29 is 0 Å². The Kier molecular flexibility index (Phi) is 3.11. The second-order valence-corrected chi connectivity index (χ2v) is 6.49. The molecule has 0 fully saturated rings. The Bertz CT molecular complexity index is 754. The minimum Gasteiger partial charge on any atom is -0.0622 e. The van der Waals surface area contributed by atoms with Gasteiger partial charge in [0.05, 0.1) is 0 Å². The van der Waals surface area contributed by atoms with Gasteiger partial charge in [0, 0.05) is 5.41 Å². The zero-order valence-corrected chi connectivity index (χ0v) is 12.9. The van der Waals surface area contributed by atoms with Crippen LogP contribution in [-0.4, -0.2) is 0 Å². The normalized spacial score (nSPS) is 15.0. The number of hydrogen-bond acceptors (Lipinski definition) is 0. The van der Waals surface area contributed by atoms with E-state index in [-0.39, 0.29) is 5.41 Å². The van der Waals surface area contributed by atoms with Crippen LogP contribution in [0.2, 0.25) is 0 Å². The lowest BCUT2D eigenvalue weighted by Gasteiger charge is -2.38. The summed E-state index contributed by atoms with van der Waals surface area (Å²) in [6.45, 7) is 2.40. The molecule has 0 nitrogen and oxygen atoms in total. The smallest absolute Gasteiger partial charge is 0.0220 e. The van der Waals surface area contributed by atoms with Gasteiger partial charge in [-0.05, 0) is 40.7 Å². The van der Waals surface area contributed by atoms with Gasteiger partial charge in [-0.1, -0.05) is 85.8 Å². The molecule has 0 saturated carbocycles. The van der Waals surface area contributed by atoms with Crippen LogP contribution in [0.15, 0.2) is 78.9 Å². The molecule has 0 heteroatoms. The zero-order chi connectivity index (χ0) is 15.0. The molecule has 0 spiro atoms. The van der Waals surface area contributed by atoms with Crippen molar-refractivity contribution in [3.63, 3.8) is 0 Å². The average Bonchev–Trinajstić information content (AvgIpc) is 2.56. The second-order valence-electron chi connectivity index (χ2n) is 6.49. The molecular formula is C22H20. The molecule has 1 aliphatic rings. The average molecular weight is 284 g/mol. The molecule has 108 valence electrons. The molecule has 0 saturated heterocycles. The van der Waals surface area contributed by atoms with E-state index in [1.807, 2.05) is 0 Å². The lowest BCUT2D eigenvalue weighted by molar-refractivity contribution is 0.545. The maximum Gasteiger partial charge on any atom is 0.0220 e. The van der Waals surface area contributed by atoms with E-state index >= 15 is 0 Å². The lowest BCUT2D eigenvalue weighted by Crippen LogP contribution is -2.32. The highest BCUT2D eigenvalue weighted by Crippen LogP contribution is 2.43. The summed E-state index contributed by atoms with van der Waals surface area (Å²) in [4.78, 5) is 0. The second kappa shape index (κ2) is 5.14. The van der Waals surface area contributed by atoms with Crippen LogP contribution >= 0.6 is 0 Å². The molecule has 4 rings (SSSR count). The van der Waals surface area contributed by atoms with Crippen molar-refractivity contribution in [2.24, 2.45) is 0 Å². The van der Waals surface area contributed by atoms with Crippen LogP contribution in [0.3, 0.4) is 0 Å². The van der Waals surface area contributed by atoms with E-state index in [9.17, 15) is 0 Å². The number of benzene rings is 3. The van der Waals surface area contributed by atoms with Crippen molar-refractivity contribution in [2.75, 3.05) is 0 Å². The fourth-order valence-electron chi connectivity index (χ4n) is 3.97. The van der Waals surface area contributed by atoms with Crippen molar-refractivity contribution in [3.05, 3.63) is 107 Å². The van der Waals surface area contributed by atoms with Gasteiger partial charge in [-0.2, -0.15) is 0 Å². The van der Waals surface area contributed by atoms with Gasteiger partial charge in [0.2, 0.25) is 0 Å². The Labute approximate surface area is 132 Å². The highest BCUT2D eigenvalue weighted by Gasteiger charge is 2.36. The van der Waals surface area contributed by atoms with Gasteiger partial charge in [-0.3, -0.25) is 0 Å². The molecule has 0 amide bonds. The Hall–Kier alpha value is -2.34. The SMILES string of the molecule is CC1(Cc2ccccc2)c2ccccc2Cc2ccccc21. The summed E-state index contributed by atoms with van der Waals surface area (Å²) in [5, 5.41) is 0. The summed E-state index contributed by atoms with van der Waals surface area (Å²) >= 11 is 0. The van der Waals surface area contributed by atoms with E-state index in [0.29, 0.717) is 0 Å². The molecule has 0 N–H and O–H groups in total. The van der Waals surface area contributed by atoms with Gasteiger partial charge < -0.3 is 0 Å². The van der Waals surface area contributed by atoms with Gasteiger partial charge in [0.1, 0.15) is 0 Å². The monoisotopic (exact) mass is 284 g/mol. The van der Waals surface area contributed by atoms with E-state index in [1.165, 1.54) is 27.8 Å². The Morgan fingerprint density at radius 2 is 1.18 bits per heavy atom. The number of rotatable bonds is 2. The summed E-state index contributed by atoms with van der Waals surface area (Å²) in [6, 6.07) is 28.7. The number of fused-ring (bicyclic) bond motifs is 2. The first kappa shape index (κ1) is 13.3. The van der Waals surface area contributed by atoms with Gasteiger partial charge >= 0.3 is 0 Å². The fourth-order valence-corrected chi connectivity index (χ4v) is 3.97. The molecule has 0 unspecified atom stereocenters. The first-order valence-electron chi connectivity index (χ1n) is 7.98. The van der Waals surface area contributed by atoms with E-state index < -0.39 is 0 Å². The zero-order valence-electron chi connectivity index (χ0n) is 12.9. The number of hydrogen-bond donors (Lipinski definition) is 0. The molecule has 0 radical (unpaired) electrons. The molecular weight excluding hydrogens is 264 g/mol. The van der Waals surface area contributed by atoms with Crippen molar-refractivity contribution in [1.29, 1.82) is 0 Å². The molecule has 0 bridgehead atoms. The summed E-state index contributed by atoms with van der Waals surface area (Å²) in [5.41, 5.74) is 7.36. The first-order chi connectivity index (χ1) is 10.8. The standard InChI is InChI=1S/C22H20/c1-22(16-17-9-3-2-4-10-17)20-13-7-5-11-18(20)15-19-12-6-8-14-21(19)22/h2-14H,15-16H2,1H3. The minimum absolute atomic E-state index is 0.0484. The molecule has 1 aliphatic carbocycles. The largest absolute Gasteiger partial charge is 0.0622 e. The van der Waals surface area contributed by atoms with Crippen molar-refractivity contribution in [3.8, 4) is 0 Å². The maximum atomic E-state index is 2.40. The predicted molar refractivity (Wildman–Crippen MR) is 92.3 cm³/mol. The summed E-state index contributed by atoms with van der Waals surface area (Å²) in [6.07, 6.45) is 2.10. The van der Waals surface area contributed by atoms with Gasteiger partial charge in [-0.25, -0.2) is 0 Å². The van der Waals surface area contributed by atoms with Crippen LogP contribution in [0.5, 0.6) is 0 Å². The van der Waals surface area contributed by atoms with Crippen LogP contribution in [-0.2, 0) is 18.3 Å². The van der Waals surface area contributed by atoms with Crippen LogP contribution in [0.1, 0.15) is 34.7 Å². The van der Waals surface area contributed by atoms with Crippen molar-refractivity contribution in [1.82, 2.24) is 0 Å². The van der Waals surface area contributed by atoms with Crippen molar-refractivity contribution in [2.45, 2.75) is 25.2 Å². The van der Waals surface area contributed by atoms with Gasteiger partial charge in [-0.15, -0.1) is 0 Å². The van der Waals surface area contributed by atoms with E-state index in [1.54, 1.807) is 0 Å². The summed E-state index contributed by atoms with van der Waals surface area (Å²) < 4.78 is 0. The minimum atomic E-state index is 0.0484. The molecule has 0 atom stereocenters. The Morgan fingerprint density at radius 3 is 1.77 bits per heavy atom. The highest BCUT2D eigenvalue weighted by molar-refractivity contribution is 5.53. The topological polar surface area (TPSA) is 0 Å². The predicted octanol–water partition coefficient (Wildman–Crippen LogP) is 5.14. The third-order valence-electron chi connectivity index (χ3n) is 5.01. The van der Waals surface area contributed by atoms with E-state index in [0.717, 1.165) is 12.8 Å². The molecule has 0 aliphatic heterocycles. The molecule has 3 aromatic rings. The third kappa shape index (κ3) is 2.07. The fraction of sp³-hybridized carbons (Fsp3) is 0.182. The van der Waals surface area contributed by atoms with Crippen LogP contribution in [0.4, 0.5) is 0 Å². The first-order valence-corrected chi connectivity index (χ1v) is 7.98. The van der Waals surface area contributed by atoms with Crippen molar-refractivity contribution >= 4 is 0 Å². The lowest BCUT2D eigenvalue weighted by atomic mass is 9.65. The summed E-state index contributed by atoms with van der Waals surface area (Å²) in [5.74, 6) is 0. The van der Waals surface area contributed by atoms with E-state index in [4.69, 9.17) is 0 Å².